The van der Waals surface area contributed by atoms with Gasteiger partial charge in [-0.1, -0.05) is 11.8 Å². The van der Waals surface area contributed by atoms with Crippen LogP contribution < -0.4 is 4.90 Å². The van der Waals surface area contributed by atoms with Crippen molar-refractivity contribution in [2.45, 2.75) is 44.4 Å². The lowest BCUT2D eigenvalue weighted by Gasteiger charge is -2.21. The van der Waals surface area contributed by atoms with Crippen molar-refractivity contribution in [2.24, 2.45) is 0 Å². The first-order valence-corrected chi connectivity index (χ1v) is 8.58. The molecule has 0 radical (unpaired) electrons. The highest BCUT2D eigenvalue weighted by molar-refractivity contribution is 7.99. The van der Waals surface area contributed by atoms with Gasteiger partial charge in [0.1, 0.15) is 11.9 Å². The Morgan fingerprint density at radius 1 is 1.48 bits per heavy atom. The van der Waals surface area contributed by atoms with Gasteiger partial charge in [0, 0.05) is 26.9 Å². The molecule has 1 aromatic rings. The third kappa shape index (κ3) is 3.97. The lowest BCUT2D eigenvalue weighted by molar-refractivity contribution is -0.911. The maximum absolute atomic E-state index is 11.7. The maximum Gasteiger partial charge on any atom is 0.232 e. The Morgan fingerprint density at radius 2 is 2.24 bits per heavy atom. The molecular weight excluding hydrogens is 286 g/mol. The molecule has 1 amide bonds. The molecule has 0 aliphatic carbocycles. The molecule has 0 saturated carbocycles. The van der Waals surface area contributed by atoms with Crippen LogP contribution in [0.15, 0.2) is 5.16 Å². The number of aromatic nitrogens is 3. The number of hydrogen-bond donors (Lipinski definition) is 1. The van der Waals surface area contributed by atoms with Gasteiger partial charge in [-0.2, -0.15) is 0 Å². The second-order valence-electron chi connectivity index (χ2n) is 5.82. The molecule has 6 nitrogen and oxygen atoms in total. The summed E-state index contributed by atoms with van der Waals surface area (Å²) in [6.45, 7) is 7.64. The summed E-state index contributed by atoms with van der Waals surface area (Å²) in [4.78, 5) is 15.0. The van der Waals surface area contributed by atoms with Crippen LogP contribution >= 0.6 is 11.8 Å². The highest BCUT2D eigenvalue weighted by Crippen LogP contribution is 2.18. The maximum atomic E-state index is 11.7. The first kappa shape index (κ1) is 16.3. The van der Waals surface area contributed by atoms with Gasteiger partial charge in [-0.3, -0.25) is 4.79 Å². The van der Waals surface area contributed by atoms with Crippen molar-refractivity contribution < 1.29 is 9.69 Å². The zero-order valence-electron chi connectivity index (χ0n) is 13.4. The predicted molar refractivity (Wildman–Crippen MR) is 83.6 cm³/mol. The van der Waals surface area contributed by atoms with E-state index < -0.39 is 0 Å². The van der Waals surface area contributed by atoms with Crippen LogP contribution in [-0.2, 0) is 11.3 Å². The van der Waals surface area contributed by atoms with Crippen LogP contribution in [0.1, 0.15) is 25.6 Å². The third-order valence-corrected chi connectivity index (χ3v) is 5.16. The molecule has 1 aromatic heterocycles. The molecule has 1 N–H and O–H groups in total. The van der Waals surface area contributed by atoms with Crippen LogP contribution in [0.4, 0.5) is 0 Å². The minimum atomic E-state index is 0.105. The largest absolute Gasteiger partial charge is 0.348 e. The summed E-state index contributed by atoms with van der Waals surface area (Å²) in [5.74, 6) is 1.46. The predicted octanol–water partition coefficient (Wildman–Crippen LogP) is -0.166. The number of thioether (sulfide) groups is 1. The standard InChI is InChI=1S/C14H25N5OS/c1-5-18-8-6-7-12(18)9-19-11(2)15-16-14(19)21-10-13(20)17(3)4/h12H,5-10H2,1-4H3/p+1/t12-/m0/s1. The van der Waals surface area contributed by atoms with Crippen LogP contribution in [0, 0.1) is 6.92 Å². The average Bonchev–Trinajstić information content (AvgIpc) is 3.04. The Morgan fingerprint density at radius 3 is 2.90 bits per heavy atom. The minimum absolute atomic E-state index is 0.105. The molecule has 118 valence electrons. The monoisotopic (exact) mass is 312 g/mol. The SMILES string of the molecule is CC[NH+]1CCC[C@H]1Cn1c(C)nnc1SCC(=O)N(C)C. The van der Waals surface area contributed by atoms with E-state index in [1.165, 1.54) is 37.7 Å². The van der Waals surface area contributed by atoms with Crippen LogP contribution in [0.25, 0.3) is 0 Å². The van der Waals surface area contributed by atoms with E-state index in [1.807, 2.05) is 6.92 Å². The van der Waals surface area contributed by atoms with E-state index in [-0.39, 0.29) is 5.91 Å². The quantitative estimate of drug-likeness (QED) is 0.741. The first-order valence-electron chi connectivity index (χ1n) is 7.60. The molecule has 1 unspecified atom stereocenters. The van der Waals surface area contributed by atoms with Crippen molar-refractivity contribution in [3.8, 4) is 0 Å². The Balaban J connectivity index is 2.02. The molecule has 2 rings (SSSR count). The topological polar surface area (TPSA) is 55.5 Å². The zero-order chi connectivity index (χ0) is 15.4. The van der Waals surface area contributed by atoms with E-state index in [0.29, 0.717) is 11.8 Å². The van der Waals surface area contributed by atoms with Crippen molar-refractivity contribution in [3.05, 3.63) is 5.82 Å². The number of carbonyl (C=O) groups is 1. The molecule has 7 heteroatoms. The second-order valence-corrected chi connectivity index (χ2v) is 6.76. The van der Waals surface area contributed by atoms with Crippen molar-refractivity contribution in [2.75, 3.05) is 32.9 Å². The number of carbonyl (C=O) groups excluding carboxylic acids is 1. The molecule has 0 bridgehead atoms. The Kier molecular flexibility index (Phi) is 5.64. The van der Waals surface area contributed by atoms with Crippen molar-refractivity contribution in [1.82, 2.24) is 19.7 Å². The molecule has 1 aliphatic rings. The second kappa shape index (κ2) is 7.26. The number of aryl methyl sites for hydroxylation is 1. The van der Waals surface area contributed by atoms with E-state index in [2.05, 4.69) is 21.7 Å². The van der Waals surface area contributed by atoms with Crippen molar-refractivity contribution >= 4 is 17.7 Å². The fraction of sp³-hybridized carbons (Fsp3) is 0.786. The molecule has 0 aromatic carbocycles. The number of likely N-dealkylation sites (N-methyl/N-ethyl adjacent to an activating group) is 1. The molecule has 2 heterocycles. The van der Waals surface area contributed by atoms with Crippen LogP contribution in [0.5, 0.6) is 0 Å². The Labute approximate surface area is 130 Å². The van der Waals surface area contributed by atoms with Gasteiger partial charge in [-0.25, -0.2) is 0 Å². The molecule has 2 atom stereocenters. The summed E-state index contributed by atoms with van der Waals surface area (Å²) >= 11 is 1.49. The van der Waals surface area contributed by atoms with E-state index in [0.717, 1.165) is 17.5 Å². The van der Waals surface area contributed by atoms with Gasteiger partial charge in [-0.05, 0) is 13.8 Å². The van der Waals surface area contributed by atoms with Crippen LogP contribution in [-0.4, -0.2) is 64.6 Å². The molecule has 1 aliphatic heterocycles. The number of amides is 1. The smallest absolute Gasteiger partial charge is 0.232 e. The number of hydrogen-bond acceptors (Lipinski definition) is 4. The summed E-state index contributed by atoms with van der Waals surface area (Å²) < 4.78 is 2.18. The Hall–Kier alpha value is -1.08. The number of nitrogens with one attached hydrogen (secondary N) is 1. The number of rotatable bonds is 6. The fourth-order valence-electron chi connectivity index (χ4n) is 2.82. The van der Waals surface area contributed by atoms with E-state index in [1.54, 1.807) is 23.9 Å². The van der Waals surface area contributed by atoms with Gasteiger partial charge in [0.2, 0.25) is 5.91 Å². The third-order valence-electron chi connectivity index (χ3n) is 4.21. The van der Waals surface area contributed by atoms with E-state index >= 15 is 0 Å². The normalized spacial score (nSPS) is 21.7. The lowest BCUT2D eigenvalue weighted by Crippen LogP contribution is -3.13. The van der Waals surface area contributed by atoms with Crippen molar-refractivity contribution in [3.63, 3.8) is 0 Å². The lowest BCUT2D eigenvalue weighted by atomic mass is 10.2. The summed E-state index contributed by atoms with van der Waals surface area (Å²) in [5.41, 5.74) is 0. The first-order chi connectivity index (χ1) is 10.0. The van der Waals surface area contributed by atoms with Crippen LogP contribution in [0.2, 0.25) is 0 Å². The van der Waals surface area contributed by atoms with Gasteiger partial charge in [0.25, 0.3) is 0 Å². The molecule has 1 fully saturated rings. The van der Waals surface area contributed by atoms with Gasteiger partial charge in [0.15, 0.2) is 5.16 Å². The molecular formula is C14H26N5OS+. The summed E-state index contributed by atoms with van der Waals surface area (Å²) in [6, 6.07) is 0.647. The highest BCUT2D eigenvalue weighted by Gasteiger charge is 2.28. The van der Waals surface area contributed by atoms with E-state index in [4.69, 9.17) is 0 Å². The van der Waals surface area contributed by atoms with Crippen molar-refractivity contribution in [1.29, 1.82) is 0 Å². The van der Waals surface area contributed by atoms with Gasteiger partial charge < -0.3 is 14.4 Å². The highest BCUT2D eigenvalue weighted by atomic mass is 32.2. The van der Waals surface area contributed by atoms with Gasteiger partial charge in [0.05, 0.1) is 25.4 Å². The minimum Gasteiger partial charge on any atom is -0.348 e. The summed E-state index contributed by atoms with van der Waals surface area (Å²) in [6.07, 6.45) is 2.57. The number of likely N-dealkylation sites (tertiary alicyclic amines) is 1. The van der Waals surface area contributed by atoms with E-state index in [9.17, 15) is 4.79 Å². The molecule has 0 spiro atoms. The Bertz CT molecular complexity index is 488. The fourth-order valence-corrected chi connectivity index (χ4v) is 3.80. The van der Waals surface area contributed by atoms with Gasteiger partial charge >= 0.3 is 0 Å². The number of nitrogens with zero attached hydrogens (tertiary/aromatic N) is 4. The molecule has 21 heavy (non-hydrogen) atoms. The van der Waals surface area contributed by atoms with Crippen LogP contribution in [0.3, 0.4) is 0 Å². The zero-order valence-corrected chi connectivity index (χ0v) is 14.2. The van der Waals surface area contributed by atoms with Gasteiger partial charge in [-0.15, -0.1) is 10.2 Å². The average molecular weight is 312 g/mol. The molecule has 1 saturated heterocycles. The summed E-state index contributed by atoms with van der Waals surface area (Å²) in [7, 11) is 3.56. The summed E-state index contributed by atoms with van der Waals surface area (Å²) in [5, 5.41) is 9.29. The number of quaternary nitrogens is 1.